The Morgan fingerprint density at radius 3 is 2.59 bits per heavy atom. The minimum absolute atomic E-state index is 0.0647. The number of tetrazole rings is 1. The molecular weight excluding hydrogens is 488 g/mol. The molecule has 2 fully saturated rings. The standard InChI is InChI=1S/C28H33ClN6O2/c1-28(2)17-35(15-14-23(28)18-10-12-21(29)13-11-18)27(37)22-8-3-4-9-24(22)30-26(36)20-7-5-6-19(16-20)25-31-33-34-32-25/h5-7,10-13,16,22-24H,3-4,8-9,14-15,17H2,1-2H3,(H,30,36)(H,31,32,33,34). The van der Waals surface area contributed by atoms with Crippen LogP contribution in [0.5, 0.6) is 0 Å². The number of aromatic nitrogens is 4. The quantitative estimate of drug-likeness (QED) is 0.500. The Morgan fingerprint density at radius 2 is 1.86 bits per heavy atom. The molecule has 2 heterocycles. The maximum atomic E-state index is 13.8. The summed E-state index contributed by atoms with van der Waals surface area (Å²) in [6.45, 7) is 5.90. The summed E-state index contributed by atoms with van der Waals surface area (Å²) in [6.07, 6.45) is 4.51. The predicted molar refractivity (Wildman–Crippen MR) is 142 cm³/mol. The molecule has 37 heavy (non-hydrogen) atoms. The van der Waals surface area contributed by atoms with Gasteiger partial charge in [0.2, 0.25) is 11.7 Å². The van der Waals surface area contributed by atoms with Gasteiger partial charge in [0, 0.05) is 35.3 Å². The van der Waals surface area contributed by atoms with Gasteiger partial charge < -0.3 is 10.2 Å². The molecule has 194 valence electrons. The third kappa shape index (κ3) is 5.54. The molecule has 3 aromatic rings. The first-order valence-electron chi connectivity index (χ1n) is 13.0. The topological polar surface area (TPSA) is 104 Å². The Bertz CT molecular complexity index is 1240. The van der Waals surface area contributed by atoms with E-state index in [1.807, 2.05) is 23.1 Å². The zero-order valence-corrected chi connectivity index (χ0v) is 22.0. The highest BCUT2D eigenvalue weighted by Crippen LogP contribution is 2.43. The van der Waals surface area contributed by atoms with E-state index in [0.717, 1.165) is 43.7 Å². The van der Waals surface area contributed by atoms with Gasteiger partial charge in [-0.1, -0.05) is 62.6 Å². The molecule has 0 bridgehead atoms. The highest BCUT2D eigenvalue weighted by atomic mass is 35.5. The number of aromatic amines is 1. The molecule has 8 nitrogen and oxygen atoms in total. The number of amides is 2. The Balaban J connectivity index is 1.27. The van der Waals surface area contributed by atoms with E-state index >= 15 is 0 Å². The van der Waals surface area contributed by atoms with Crippen LogP contribution in [-0.2, 0) is 4.79 Å². The molecule has 9 heteroatoms. The number of likely N-dealkylation sites (tertiary alicyclic amines) is 1. The van der Waals surface area contributed by atoms with Crippen molar-refractivity contribution in [3.63, 3.8) is 0 Å². The lowest BCUT2D eigenvalue weighted by molar-refractivity contribution is -0.141. The van der Waals surface area contributed by atoms with Gasteiger partial charge in [0.15, 0.2) is 0 Å². The second kappa shape index (κ2) is 10.6. The van der Waals surface area contributed by atoms with Gasteiger partial charge in [-0.3, -0.25) is 9.59 Å². The highest BCUT2D eigenvalue weighted by Gasteiger charge is 2.42. The summed E-state index contributed by atoms with van der Waals surface area (Å²) in [6, 6.07) is 15.1. The van der Waals surface area contributed by atoms with Gasteiger partial charge in [-0.2, -0.15) is 5.21 Å². The molecule has 1 aliphatic heterocycles. The lowest BCUT2D eigenvalue weighted by atomic mass is 9.70. The number of rotatable bonds is 5. The van der Waals surface area contributed by atoms with E-state index in [0.29, 0.717) is 29.4 Å². The van der Waals surface area contributed by atoms with E-state index in [2.05, 4.69) is 51.9 Å². The molecular formula is C28H33ClN6O2. The van der Waals surface area contributed by atoms with E-state index < -0.39 is 0 Å². The minimum atomic E-state index is -0.207. The van der Waals surface area contributed by atoms with Crippen molar-refractivity contribution in [2.24, 2.45) is 11.3 Å². The highest BCUT2D eigenvalue weighted by molar-refractivity contribution is 6.30. The van der Waals surface area contributed by atoms with Crippen LogP contribution in [0, 0.1) is 11.3 Å². The van der Waals surface area contributed by atoms with E-state index in [9.17, 15) is 9.59 Å². The van der Waals surface area contributed by atoms with Crippen LogP contribution in [0.1, 0.15) is 67.8 Å². The zero-order valence-electron chi connectivity index (χ0n) is 21.3. The monoisotopic (exact) mass is 520 g/mol. The fourth-order valence-electron chi connectivity index (χ4n) is 6.03. The molecule has 1 saturated carbocycles. The number of nitrogens with zero attached hydrogens (tertiary/aromatic N) is 4. The first-order chi connectivity index (χ1) is 17.8. The van der Waals surface area contributed by atoms with Crippen LogP contribution in [0.25, 0.3) is 11.4 Å². The summed E-state index contributed by atoms with van der Waals surface area (Å²) in [7, 11) is 0. The molecule has 2 amide bonds. The summed E-state index contributed by atoms with van der Waals surface area (Å²) in [4.78, 5) is 29.0. The average Bonchev–Trinajstić information content (AvgIpc) is 3.44. The third-order valence-electron chi connectivity index (χ3n) is 7.94. The van der Waals surface area contributed by atoms with Crippen molar-refractivity contribution in [1.82, 2.24) is 30.8 Å². The molecule has 1 saturated heterocycles. The summed E-state index contributed by atoms with van der Waals surface area (Å²) in [5.41, 5.74) is 2.44. The number of nitrogens with one attached hydrogen (secondary N) is 2. The van der Waals surface area contributed by atoms with E-state index in [1.165, 1.54) is 5.56 Å². The molecule has 0 radical (unpaired) electrons. The number of carbonyl (C=O) groups excluding carboxylic acids is 2. The molecule has 2 aliphatic rings. The number of halogens is 1. The molecule has 0 spiro atoms. The molecule has 3 atom stereocenters. The predicted octanol–water partition coefficient (Wildman–Crippen LogP) is 4.85. The second-order valence-corrected chi connectivity index (χ2v) is 11.4. The lowest BCUT2D eigenvalue weighted by Crippen LogP contribution is -2.54. The number of H-pyrrole nitrogens is 1. The van der Waals surface area contributed by atoms with Gasteiger partial charge in [0.1, 0.15) is 0 Å². The van der Waals surface area contributed by atoms with Gasteiger partial charge in [-0.15, -0.1) is 10.2 Å². The first kappa shape index (κ1) is 25.4. The van der Waals surface area contributed by atoms with E-state index in [4.69, 9.17) is 11.6 Å². The molecule has 2 N–H and O–H groups in total. The Kier molecular flexibility index (Phi) is 7.29. The van der Waals surface area contributed by atoms with Crippen LogP contribution in [0.4, 0.5) is 0 Å². The fourth-order valence-corrected chi connectivity index (χ4v) is 6.15. The van der Waals surface area contributed by atoms with Crippen molar-refractivity contribution >= 4 is 23.4 Å². The Morgan fingerprint density at radius 1 is 1.08 bits per heavy atom. The number of hydrogen-bond acceptors (Lipinski definition) is 5. The largest absolute Gasteiger partial charge is 0.349 e. The number of hydrogen-bond donors (Lipinski definition) is 2. The average molecular weight is 521 g/mol. The number of piperidine rings is 1. The van der Waals surface area contributed by atoms with Crippen LogP contribution >= 0.6 is 11.6 Å². The zero-order chi connectivity index (χ0) is 26.0. The summed E-state index contributed by atoms with van der Waals surface area (Å²) in [5, 5.41) is 17.9. The van der Waals surface area contributed by atoms with Crippen molar-refractivity contribution < 1.29 is 9.59 Å². The molecule has 2 aromatic carbocycles. The SMILES string of the molecule is CC1(C)CN(C(=O)C2CCCCC2NC(=O)c2cccc(-c3nn[nH]n3)c2)CCC1c1ccc(Cl)cc1. The maximum absolute atomic E-state index is 13.8. The van der Waals surface area contributed by atoms with Crippen molar-refractivity contribution in [3.05, 3.63) is 64.7 Å². The molecule has 1 aromatic heterocycles. The van der Waals surface area contributed by atoms with Crippen LogP contribution in [-0.4, -0.2) is 56.5 Å². The first-order valence-corrected chi connectivity index (χ1v) is 13.4. The number of carbonyl (C=O) groups is 2. The smallest absolute Gasteiger partial charge is 0.251 e. The summed E-state index contributed by atoms with van der Waals surface area (Å²) in [5.74, 6) is 0.568. The minimum Gasteiger partial charge on any atom is -0.349 e. The van der Waals surface area contributed by atoms with Crippen molar-refractivity contribution in [2.45, 2.75) is 57.9 Å². The van der Waals surface area contributed by atoms with Crippen molar-refractivity contribution in [3.8, 4) is 11.4 Å². The third-order valence-corrected chi connectivity index (χ3v) is 8.19. The van der Waals surface area contributed by atoms with Gasteiger partial charge in [-0.05, 0) is 65.6 Å². The van der Waals surface area contributed by atoms with Gasteiger partial charge >= 0.3 is 0 Å². The van der Waals surface area contributed by atoms with Gasteiger partial charge in [-0.25, -0.2) is 0 Å². The number of benzene rings is 2. The Labute approximate surface area is 222 Å². The lowest BCUT2D eigenvalue weighted by Gasteiger charge is -2.46. The van der Waals surface area contributed by atoms with Crippen molar-refractivity contribution in [2.75, 3.05) is 13.1 Å². The molecule has 3 unspecified atom stereocenters. The van der Waals surface area contributed by atoms with Gasteiger partial charge in [0.05, 0.1) is 5.92 Å². The fraction of sp³-hybridized carbons (Fsp3) is 0.464. The van der Waals surface area contributed by atoms with E-state index in [-0.39, 0.29) is 29.2 Å². The normalized spacial score (nSPS) is 23.4. The van der Waals surface area contributed by atoms with Crippen LogP contribution in [0.3, 0.4) is 0 Å². The van der Waals surface area contributed by atoms with Crippen molar-refractivity contribution in [1.29, 1.82) is 0 Å². The summed E-state index contributed by atoms with van der Waals surface area (Å²) < 4.78 is 0. The van der Waals surface area contributed by atoms with Gasteiger partial charge in [0.25, 0.3) is 5.91 Å². The maximum Gasteiger partial charge on any atom is 0.251 e. The van der Waals surface area contributed by atoms with Crippen LogP contribution < -0.4 is 5.32 Å². The van der Waals surface area contributed by atoms with E-state index in [1.54, 1.807) is 18.2 Å². The van der Waals surface area contributed by atoms with Crippen LogP contribution in [0.2, 0.25) is 5.02 Å². The summed E-state index contributed by atoms with van der Waals surface area (Å²) >= 11 is 6.10. The second-order valence-electron chi connectivity index (χ2n) is 10.9. The Hall–Kier alpha value is -3.26. The molecule has 5 rings (SSSR count). The molecule has 1 aliphatic carbocycles. The van der Waals surface area contributed by atoms with Crippen LogP contribution in [0.15, 0.2) is 48.5 Å².